The number of nitrogens with zero attached hydrogens (tertiary/aromatic N) is 5. The first-order chi connectivity index (χ1) is 11.2. The lowest BCUT2D eigenvalue weighted by Crippen LogP contribution is -2.24. The van der Waals surface area contributed by atoms with E-state index in [2.05, 4.69) is 62.7 Å². The fourth-order valence-electron chi connectivity index (χ4n) is 2.57. The second-order valence-electron chi connectivity index (χ2n) is 5.72. The molecule has 5 nitrogen and oxygen atoms in total. The zero-order chi connectivity index (χ0) is 16.1. The largest absolute Gasteiger partial charge is 0.329 e. The Bertz CT molecular complexity index is 723. The van der Waals surface area contributed by atoms with E-state index in [9.17, 15) is 0 Å². The van der Waals surface area contributed by atoms with Crippen molar-refractivity contribution in [2.24, 2.45) is 0 Å². The van der Waals surface area contributed by atoms with Crippen molar-refractivity contribution >= 4 is 0 Å². The van der Waals surface area contributed by atoms with Crippen LogP contribution in [0.2, 0.25) is 0 Å². The molecule has 0 amide bonds. The van der Waals surface area contributed by atoms with Crippen LogP contribution in [-0.4, -0.2) is 31.5 Å². The van der Waals surface area contributed by atoms with Gasteiger partial charge >= 0.3 is 0 Å². The molecular formula is C18H21N5. The first kappa shape index (κ1) is 15.4. The fraction of sp³-hybridized carbons (Fsp3) is 0.278. The molecular weight excluding hydrogens is 286 g/mol. The molecule has 2 heterocycles. The lowest BCUT2D eigenvalue weighted by atomic mass is 10.2. The number of rotatable bonds is 6. The minimum atomic E-state index is 0.220. The van der Waals surface area contributed by atoms with Crippen LogP contribution in [0, 0.1) is 0 Å². The zero-order valence-electron chi connectivity index (χ0n) is 13.5. The van der Waals surface area contributed by atoms with Gasteiger partial charge in [-0.25, -0.2) is 15.0 Å². The Labute approximate surface area is 136 Å². The molecule has 0 saturated carbocycles. The number of hydrogen-bond donors (Lipinski definition) is 0. The van der Waals surface area contributed by atoms with Crippen molar-refractivity contribution in [2.75, 3.05) is 7.05 Å². The van der Waals surface area contributed by atoms with E-state index < -0.39 is 0 Å². The molecule has 5 heteroatoms. The topological polar surface area (TPSA) is 46.8 Å². The molecule has 3 aromatic rings. The molecule has 1 aromatic carbocycles. The molecule has 0 radical (unpaired) electrons. The van der Waals surface area contributed by atoms with Crippen LogP contribution in [-0.2, 0) is 13.1 Å². The summed E-state index contributed by atoms with van der Waals surface area (Å²) < 4.78 is 2.19. The van der Waals surface area contributed by atoms with Crippen LogP contribution >= 0.6 is 0 Å². The third-order valence-corrected chi connectivity index (χ3v) is 4.10. The highest BCUT2D eigenvalue weighted by Crippen LogP contribution is 2.18. The molecule has 1 unspecified atom stereocenters. The number of hydrogen-bond acceptors (Lipinski definition) is 4. The van der Waals surface area contributed by atoms with Gasteiger partial charge in [-0.3, -0.25) is 4.90 Å². The Morgan fingerprint density at radius 1 is 1.13 bits per heavy atom. The van der Waals surface area contributed by atoms with Crippen LogP contribution in [0.1, 0.15) is 29.9 Å². The molecule has 0 spiro atoms. The van der Waals surface area contributed by atoms with E-state index >= 15 is 0 Å². The lowest BCUT2D eigenvalue weighted by molar-refractivity contribution is 0.242. The van der Waals surface area contributed by atoms with Crippen LogP contribution in [0.4, 0.5) is 0 Å². The third kappa shape index (κ3) is 3.81. The highest BCUT2D eigenvalue weighted by Gasteiger charge is 2.15. The number of imidazole rings is 1. The monoisotopic (exact) mass is 307 g/mol. The van der Waals surface area contributed by atoms with Gasteiger partial charge in [0.25, 0.3) is 0 Å². The maximum absolute atomic E-state index is 4.34. The summed E-state index contributed by atoms with van der Waals surface area (Å²) in [6.45, 7) is 3.81. The lowest BCUT2D eigenvalue weighted by Gasteiger charge is -2.24. The average molecular weight is 307 g/mol. The van der Waals surface area contributed by atoms with Crippen LogP contribution in [0.25, 0.3) is 0 Å². The molecule has 118 valence electrons. The first-order valence-electron chi connectivity index (χ1n) is 7.73. The van der Waals surface area contributed by atoms with E-state index in [0.717, 1.165) is 18.8 Å². The Kier molecular flexibility index (Phi) is 4.78. The summed E-state index contributed by atoms with van der Waals surface area (Å²) in [5.41, 5.74) is 3.49. The van der Waals surface area contributed by atoms with Crippen molar-refractivity contribution in [1.82, 2.24) is 24.4 Å². The van der Waals surface area contributed by atoms with Crippen molar-refractivity contribution in [3.8, 4) is 0 Å². The van der Waals surface area contributed by atoms with Gasteiger partial charge in [0, 0.05) is 31.5 Å². The summed E-state index contributed by atoms with van der Waals surface area (Å²) in [6.07, 6.45) is 7.21. The van der Waals surface area contributed by atoms with Crippen LogP contribution in [0.15, 0.2) is 61.4 Å². The molecule has 0 fully saturated rings. The third-order valence-electron chi connectivity index (χ3n) is 4.10. The Hall–Kier alpha value is -2.53. The number of aromatic nitrogens is 4. The second-order valence-corrected chi connectivity index (χ2v) is 5.72. The molecule has 3 rings (SSSR count). The standard InChI is InChI=1S/C18H21N5/c1-15(18-8-9-19-13-21-18)22(2)12-17-10-20-14-23(17)11-16-6-4-3-5-7-16/h3-10,13-15H,11-12H2,1-2H3. The molecule has 0 bridgehead atoms. The molecule has 0 saturated heterocycles. The highest BCUT2D eigenvalue weighted by atomic mass is 15.2. The van der Waals surface area contributed by atoms with Crippen LogP contribution in [0.3, 0.4) is 0 Å². The summed E-state index contributed by atoms with van der Waals surface area (Å²) in [5, 5.41) is 0. The van der Waals surface area contributed by atoms with Crippen molar-refractivity contribution in [1.29, 1.82) is 0 Å². The summed E-state index contributed by atoms with van der Waals surface area (Å²) in [6, 6.07) is 12.6. The van der Waals surface area contributed by atoms with Crippen molar-refractivity contribution < 1.29 is 0 Å². The van der Waals surface area contributed by atoms with Crippen molar-refractivity contribution in [3.63, 3.8) is 0 Å². The molecule has 0 aliphatic heterocycles. The number of benzene rings is 1. The molecule has 1 atom stereocenters. The van der Waals surface area contributed by atoms with E-state index in [0.29, 0.717) is 0 Å². The summed E-state index contributed by atoms with van der Waals surface area (Å²) in [7, 11) is 2.10. The molecule has 0 N–H and O–H groups in total. The fourth-order valence-corrected chi connectivity index (χ4v) is 2.57. The minimum absolute atomic E-state index is 0.220. The molecule has 2 aromatic heterocycles. The predicted octanol–water partition coefficient (Wildman–Crippen LogP) is 2.91. The predicted molar refractivity (Wildman–Crippen MR) is 89.7 cm³/mol. The normalized spacial score (nSPS) is 12.5. The van der Waals surface area contributed by atoms with E-state index in [1.807, 2.05) is 24.7 Å². The van der Waals surface area contributed by atoms with Crippen molar-refractivity contribution in [2.45, 2.75) is 26.1 Å². The molecule has 0 aliphatic carbocycles. The Morgan fingerprint density at radius 3 is 2.70 bits per heavy atom. The second kappa shape index (κ2) is 7.15. The van der Waals surface area contributed by atoms with Gasteiger partial charge in [0.05, 0.1) is 17.7 Å². The Balaban J connectivity index is 1.70. The van der Waals surface area contributed by atoms with Crippen LogP contribution < -0.4 is 0 Å². The summed E-state index contributed by atoms with van der Waals surface area (Å²) in [5.74, 6) is 0. The van der Waals surface area contributed by atoms with Gasteiger partial charge in [0.1, 0.15) is 6.33 Å². The van der Waals surface area contributed by atoms with E-state index in [1.54, 1.807) is 12.5 Å². The van der Waals surface area contributed by atoms with E-state index in [-0.39, 0.29) is 6.04 Å². The van der Waals surface area contributed by atoms with Gasteiger partial charge < -0.3 is 4.57 Å². The quantitative estimate of drug-likeness (QED) is 0.702. The van der Waals surface area contributed by atoms with Crippen LogP contribution in [0.5, 0.6) is 0 Å². The maximum Gasteiger partial charge on any atom is 0.115 e. The SMILES string of the molecule is CC(c1ccncn1)N(C)Cc1cncn1Cc1ccccc1. The average Bonchev–Trinajstić information content (AvgIpc) is 3.02. The van der Waals surface area contributed by atoms with E-state index in [4.69, 9.17) is 0 Å². The highest BCUT2D eigenvalue weighted by molar-refractivity contribution is 5.16. The van der Waals surface area contributed by atoms with Gasteiger partial charge in [-0.05, 0) is 25.6 Å². The van der Waals surface area contributed by atoms with Gasteiger partial charge in [-0.2, -0.15) is 0 Å². The summed E-state index contributed by atoms with van der Waals surface area (Å²) in [4.78, 5) is 14.9. The summed E-state index contributed by atoms with van der Waals surface area (Å²) >= 11 is 0. The van der Waals surface area contributed by atoms with Gasteiger partial charge in [-0.1, -0.05) is 30.3 Å². The smallest absolute Gasteiger partial charge is 0.115 e. The zero-order valence-corrected chi connectivity index (χ0v) is 13.5. The van der Waals surface area contributed by atoms with Gasteiger partial charge in [0.15, 0.2) is 0 Å². The van der Waals surface area contributed by atoms with Crippen molar-refractivity contribution in [3.05, 3.63) is 78.4 Å². The Morgan fingerprint density at radius 2 is 1.96 bits per heavy atom. The van der Waals surface area contributed by atoms with Gasteiger partial charge in [-0.15, -0.1) is 0 Å². The van der Waals surface area contributed by atoms with Gasteiger partial charge in [0.2, 0.25) is 0 Å². The molecule has 23 heavy (non-hydrogen) atoms. The van der Waals surface area contributed by atoms with E-state index in [1.165, 1.54) is 11.3 Å². The minimum Gasteiger partial charge on any atom is -0.329 e. The molecule has 0 aliphatic rings. The maximum atomic E-state index is 4.34. The first-order valence-corrected chi connectivity index (χ1v) is 7.73.